The van der Waals surface area contributed by atoms with Crippen LogP contribution in [0.3, 0.4) is 0 Å². The third-order valence-corrected chi connectivity index (χ3v) is 4.72. The fraction of sp³-hybridized carbons (Fsp3) is 0.0476. The standard InChI is InChI=1S/C21H14N4O2/c26-21(18-11-5-6-12-19(18)25-13-22-23-24-25)27-20-16-9-3-1-7-14(16)15-8-2-4-10-17(15)20/h1-13,20H. The van der Waals surface area contributed by atoms with Gasteiger partial charge < -0.3 is 4.74 Å². The summed E-state index contributed by atoms with van der Waals surface area (Å²) in [4.78, 5) is 13.0. The van der Waals surface area contributed by atoms with Gasteiger partial charge in [0.2, 0.25) is 0 Å². The van der Waals surface area contributed by atoms with Gasteiger partial charge in [-0.15, -0.1) is 5.10 Å². The predicted octanol–water partition coefficient (Wildman–Crippen LogP) is 3.59. The van der Waals surface area contributed by atoms with Crippen LogP contribution in [0.15, 0.2) is 79.1 Å². The monoisotopic (exact) mass is 354 g/mol. The van der Waals surface area contributed by atoms with Crippen LogP contribution in [0.4, 0.5) is 0 Å². The van der Waals surface area contributed by atoms with E-state index >= 15 is 0 Å². The van der Waals surface area contributed by atoms with Crippen molar-refractivity contribution >= 4 is 5.97 Å². The molecular weight excluding hydrogens is 340 g/mol. The van der Waals surface area contributed by atoms with Crippen LogP contribution in [0.2, 0.25) is 0 Å². The lowest BCUT2D eigenvalue weighted by molar-refractivity contribution is 0.0385. The van der Waals surface area contributed by atoms with Crippen LogP contribution >= 0.6 is 0 Å². The number of carbonyl (C=O) groups excluding carboxylic acids is 1. The predicted molar refractivity (Wildman–Crippen MR) is 98.3 cm³/mol. The average Bonchev–Trinajstić information content (AvgIpc) is 3.36. The van der Waals surface area contributed by atoms with E-state index in [0.717, 1.165) is 22.3 Å². The molecule has 0 spiro atoms. The van der Waals surface area contributed by atoms with E-state index in [0.29, 0.717) is 11.3 Å². The lowest BCUT2D eigenvalue weighted by atomic mass is 10.1. The molecule has 0 saturated carbocycles. The van der Waals surface area contributed by atoms with Crippen molar-refractivity contribution in [1.29, 1.82) is 0 Å². The van der Waals surface area contributed by atoms with Gasteiger partial charge in [-0.1, -0.05) is 60.7 Å². The fourth-order valence-corrected chi connectivity index (χ4v) is 3.52. The molecule has 0 N–H and O–H groups in total. The Bertz CT molecular complexity index is 1090. The van der Waals surface area contributed by atoms with Gasteiger partial charge in [-0.2, -0.15) is 4.68 Å². The minimum absolute atomic E-state index is 0.409. The number of hydrogen-bond acceptors (Lipinski definition) is 5. The first-order valence-electron chi connectivity index (χ1n) is 8.54. The lowest BCUT2D eigenvalue weighted by Crippen LogP contribution is -2.14. The van der Waals surface area contributed by atoms with Crippen LogP contribution in [-0.4, -0.2) is 26.2 Å². The third kappa shape index (κ3) is 2.50. The van der Waals surface area contributed by atoms with Crippen molar-refractivity contribution in [2.75, 3.05) is 0 Å². The van der Waals surface area contributed by atoms with E-state index in [4.69, 9.17) is 4.74 Å². The highest BCUT2D eigenvalue weighted by molar-refractivity contribution is 5.94. The highest BCUT2D eigenvalue weighted by Gasteiger charge is 2.31. The summed E-state index contributed by atoms with van der Waals surface area (Å²) < 4.78 is 7.42. The highest BCUT2D eigenvalue weighted by atomic mass is 16.5. The number of fused-ring (bicyclic) bond motifs is 3. The molecule has 0 amide bonds. The Morgan fingerprint density at radius 1 is 0.852 bits per heavy atom. The van der Waals surface area contributed by atoms with Crippen molar-refractivity contribution in [3.05, 3.63) is 95.8 Å². The van der Waals surface area contributed by atoms with Crippen LogP contribution in [0.25, 0.3) is 16.8 Å². The number of aromatic nitrogens is 4. The molecule has 27 heavy (non-hydrogen) atoms. The van der Waals surface area contributed by atoms with E-state index in [2.05, 4.69) is 27.7 Å². The van der Waals surface area contributed by atoms with Crippen molar-refractivity contribution in [3.63, 3.8) is 0 Å². The number of benzene rings is 3. The normalized spacial score (nSPS) is 12.4. The second-order valence-electron chi connectivity index (χ2n) is 6.23. The molecule has 1 aliphatic carbocycles. The summed E-state index contributed by atoms with van der Waals surface area (Å²) in [6, 6.07) is 23.1. The minimum Gasteiger partial charge on any atom is -0.449 e. The quantitative estimate of drug-likeness (QED) is 0.526. The van der Waals surface area contributed by atoms with Crippen molar-refractivity contribution < 1.29 is 9.53 Å². The van der Waals surface area contributed by atoms with Crippen LogP contribution < -0.4 is 0 Å². The average molecular weight is 354 g/mol. The van der Waals surface area contributed by atoms with E-state index in [9.17, 15) is 4.79 Å². The van der Waals surface area contributed by atoms with Crippen LogP contribution in [-0.2, 0) is 4.74 Å². The van der Waals surface area contributed by atoms with Gasteiger partial charge in [-0.3, -0.25) is 0 Å². The summed E-state index contributed by atoms with van der Waals surface area (Å²) in [5, 5.41) is 11.2. The van der Waals surface area contributed by atoms with Gasteiger partial charge in [0.15, 0.2) is 6.10 Å². The first-order chi connectivity index (χ1) is 13.3. The summed E-state index contributed by atoms with van der Waals surface area (Å²) in [5.41, 5.74) is 5.16. The second kappa shape index (κ2) is 6.17. The van der Waals surface area contributed by atoms with E-state index in [1.807, 2.05) is 42.5 Å². The molecule has 0 aliphatic heterocycles. The third-order valence-electron chi connectivity index (χ3n) is 4.72. The Balaban J connectivity index is 1.55. The zero-order valence-corrected chi connectivity index (χ0v) is 14.2. The number of ether oxygens (including phenoxy) is 1. The molecule has 0 fully saturated rings. The van der Waals surface area contributed by atoms with Gasteiger partial charge in [0, 0.05) is 11.1 Å². The molecule has 1 aromatic heterocycles. The number of tetrazole rings is 1. The first-order valence-corrected chi connectivity index (χ1v) is 8.54. The zero-order chi connectivity index (χ0) is 18.2. The number of hydrogen-bond donors (Lipinski definition) is 0. The van der Waals surface area contributed by atoms with E-state index in [1.54, 1.807) is 18.2 Å². The smallest absolute Gasteiger partial charge is 0.341 e. The van der Waals surface area contributed by atoms with Crippen molar-refractivity contribution in [1.82, 2.24) is 20.2 Å². The molecule has 0 atom stereocenters. The van der Waals surface area contributed by atoms with Gasteiger partial charge in [0.1, 0.15) is 6.33 Å². The SMILES string of the molecule is O=C(OC1c2ccccc2-c2ccccc21)c1ccccc1-n1cnnn1. The summed E-state index contributed by atoms with van der Waals surface area (Å²) in [6.45, 7) is 0. The summed E-state index contributed by atoms with van der Waals surface area (Å²) in [6.07, 6.45) is 1.01. The molecule has 5 rings (SSSR count). The Morgan fingerprint density at radius 3 is 2.15 bits per heavy atom. The zero-order valence-electron chi connectivity index (χ0n) is 14.2. The molecule has 6 nitrogen and oxygen atoms in total. The Kier molecular flexibility index (Phi) is 3.53. The number of rotatable bonds is 3. The van der Waals surface area contributed by atoms with E-state index in [-0.39, 0.29) is 0 Å². The molecule has 130 valence electrons. The molecule has 6 heteroatoms. The summed E-state index contributed by atoms with van der Waals surface area (Å²) in [7, 11) is 0. The largest absolute Gasteiger partial charge is 0.449 e. The van der Waals surface area contributed by atoms with Crippen LogP contribution in [0.1, 0.15) is 27.6 Å². The molecule has 1 aliphatic rings. The minimum atomic E-state index is -0.438. The maximum Gasteiger partial charge on any atom is 0.341 e. The molecule has 4 aromatic rings. The van der Waals surface area contributed by atoms with Crippen molar-refractivity contribution in [2.24, 2.45) is 0 Å². The maximum absolute atomic E-state index is 13.0. The molecule has 1 heterocycles. The Morgan fingerprint density at radius 2 is 1.48 bits per heavy atom. The molecule has 0 radical (unpaired) electrons. The van der Waals surface area contributed by atoms with E-state index < -0.39 is 12.1 Å². The number of carbonyl (C=O) groups is 1. The molecule has 0 unspecified atom stereocenters. The van der Waals surface area contributed by atoms with Crippen molar-refractivity contribution in [3.8, 4) is 16.8 Å². The molecular formula is C21H14N4O2. The molecule has 0 saturated heterocycles. The van der Waals surface area contributed by atoms with Gasteiger partial charge in [-0.25, -0.2) is 4.79 Å². The maximum atomic E-state index is 13.0. The Hall–Kier alpha value is -3.80. The topological polar surface area (TPSA) is 69.9 Å². The van der Waals surface area contributed by atoms with Crippen LogP contribution in [0, 0.1) is 0 Å². The van der Waals surface area contributed by atoms with Gasteiger partial charge in [0.25, 0.3) is 0 Å². The number of para-hydroxylation sites is 1. The highest BCUT2D eigenvalue weighted by Crippen LogP contribution is 2.45. The van der Waals surface area contributed by atoms with Gasteiger partial charge >= 0.3 is 5.97 Å². The van der Waals surface area contributed by atoms with Gasteiger partial charge in [-0.05, 0) is 33.7 Å². The van der Waals surface area contributed by atoms with Crippen molar-refractivity contribution in [2.45, 2.75) is 6.10 Å². The first kappa shape index (κ1) is 15.5. The summed E-state index contributed by atoms with van der Waals surface area (Å²) >= 11 is 0. The Labute approximate surface area is 155 Å². The lowest BCUT2D eigenvalue weighted by Gasteiger charge is -2.16. The molecule has 0 bridgehead atoms. The van der Waals surface area contributed by atoms with E-state index in [1.165, 1.54) is 11.0 Å². The van der Waals surface area contributed by atoms with Gasteiger partial charge in [0.05, 0.1) is 11.3 Å². The van der Waals surface area contributed by atoms with Crippen LogP contribution in [0.5, 0.6) is 0 Å². The second-order valence-corrected chi connectivity index (χ2v) is 6.23. The number of esters is 1. The number of nitrogens with zero attached hydrogens (tertiary/aromatic N) is 4. The fourth-order valence-electron chi connectivity index (χ4n) is 3.52. The summed E-state index contributed by atoms with van der Waals surface area (Å²) in [5.74, 6) is -0.419. The molecule has 3 aromatic carbocycles.